The Labute approximate surface area is 92.4 Å². The molecule has 0 aromatic carbocycles. The van der Waals surface area contributed by atoms with Gasteiger partial charge in [-0.05, 0) is 18.5 Å². The SMILES string of the molecule is Cc1nc(Cl)ncc1C(O)C(O)CS. The molecule has 0 saturated carbocycles. The van der Waals surface area contributed by atoms with Gasteiger partial charge in [0.15, 0.2) is 0 Å². The van der Waals surface area contributed by atoms with E-state index in [4.69, 9.17) is 11.6 Å². The van der Waals surface area contributed by atoms with Crippen molar-refractivity contribution in [1.82, 2.24) is 9.97 Å². The van der Waals surface area contributed by atoms with Crippen LogP contribution < -0.4 is 0 Å². The van der Waals surface area contributed by atoms with Crippen molar-refractivity contribution in [3.05, 3.63) is 22.7 Å². The first-order chi connectivity index (χ1) is 6.56. The monoisotopic (exact) mass is 234 g/mol. The molecule has 78 valence electrons. The highest BCUT2D eigenvalue weighted by Crippen LogP contribution is 2.20. The zero-order valence-corrected chi connectivity index (χ0v) is 9.20. The second-order valence-corrected chi connectivity index (χ2v) is 3.58. The van der Waals surface area contributed by atoms with Crippen molar-refractivity contribution in [2.75, 3.05) is 5.75 Å². The molecule has 6 heteroatoms. The fraction of sp³-hybridized carbons (Fsp3) is 0.500. The summed E-state index contributed by atoms with van der Waals surface area (Å²) in [4.78, 5) is 7.61. The van der Waals surface area contributed by atoms with Gasteiger partial charge in [0, 0.05) is 23.2 Å². The highest BCUT2D eigenvalue weighted by molar-refractivity contribution is 7.80. The maximum atomic E-state index is 9.64. The molecule has 0 radical (unpaired) electrons. The lowest BCUT2D eigenvalue weighted by Gasteiger charge is -2.16. The van der Waals surface area contributed by atoms with E-state index in [1.165, 1.54) is 6.20 Å². The van der Waals surface area contributed by atoms with E-state index in [2.05, 4.69) is 22.6 Å². The number of thiol groups is 1. The Bertz CT molecular complexity index is 324. The van der Waals surface area contributed by atoms with Crippen LogP contribution in [-0.4, -0.2) is 32.0 Å². The fourth-order valence-corrected chi connectivity index (χ4v) is 1.42. The Hall–Kier alpha value is -0.360. The van der Waals surface area contributed by atoms with Gasteiger partial charge in [0.1, 0.15) is 6.10 Å². The predicted molar refractivity (Wildman–Crippen MR) is 56.6 cm³/mol. The Kier molecular flexibility index (Phi) is 4.12. The molecular formula is C8H11ClN2O2S. The molecule has 0 spiro atoms. The highest BCUT2D eigenvalue weighted by atomic mass is 35.5. The first-order valence-electron chi connectivity index (χ1n) is 4.02. The van der Waals surface area contributed by atoms with Crippen molar-refractivity contribution >= 4 is 24.2 Å². The van der Waals surface area contributed by atoms with E-state index >= 15 is 0 Å². The van der Waals surface area contributed by atoms with Gasteiger partial charge in [-0.25, -0.2) is 9.97 Å². The van der Waals surface area contributed by atoms with Crippen molar-refractivity contribution in [3.63, 3.8) is 0 Å². The predicted octanol–water partition coefficient (Wildman–Crippen LogP) is 0.763. The molecule has 0 aliphatic carbocycles. The second-order valence-electron chi connectivity index (χ2n) is 2.87. The summed E-state index contributed by atoms with van der Waals surface area (Å²) in [6.45, 7) is 1.69. The lowest BCUT2D eigenvalue weighted by atomic mass is 10.1. The molecule has 0 saturated heterocycles. The van der Waals surface area contributed by atoms with Gasteiger partial charge in [-0.1, -0.05) is 0 Å². The van der Waals surface area contributed by atoms with Gasteiger partial charge < -0.3 is 10.2 Å². The van der Waals surface area contributed by atoms with Crippen LogP contribution in [0.2, 0.25) is 5.28 Å². The number of aryl methyl sites for hydroxylation is 1. The van der Waals surface area contributed by atoms with Crippen molar-refractivity contribution in [2.45, 2.75) is 19.1 Å². The standard InChI is InChI=1S/C8H11ClN2O2S/c1-4-5(2-10-8(9)11-4)7(13)6(12)3-14/h2,6-7,12-14H,3H2,1H3. The Morgan fingerprint density at radius 2 is 2.21 bits per heavy atom. The van der Waals surface area contributed by atoms with Crippen molar-refractivity contribution in [1.29, 1.82) is 0 Å². The van der Waals surface area contributed by atoms with Gasteiger partial charge >= 0.3 is 0 Å². The summed E-state index contributed by atoms with van der Waals surface area (Å²) < 4.78 is 0. The first-order valence-corrected chi connectivity index (χ1v) is 5.03. The molecule has 0 bridgehead atoms. The third kappa shape index (κ3) is 2.57. The van der Waals surface area contributed by atoms with E-state index in [1.807, 2.05) is 0 Å². The van der Waals surface area contributed by atoms with Crippen LogP contribution in [0, 0.1) is 6.92 Å². The van der Waals surface area contributed by atoms with E-state index in [9.17, 15) is 10.2 Å². The van der Waals surface area contributed by atoms with E-state index in [1.54, 1.807) is 6.92 Å². The van der Waals surface area contributed by atoms with Gasteiger partial charge in [0.25, 0.3) is 0 Å². The first kappa shape index (κ1) is 11.7. The number of rotatable bonds is 3. The van der Waals surface area contributed by atoms with Gasteiger partial charge in [-0.3, -0.25) is 0 Å². The lowest BCUT2D eigenvalue weighted by molar-refractivity contribution is 0.0329. The molecule has 2 atom stereocenters. The molecule has 0 fully saturated rings. The van der Waals surface area contributed by atoms with E-state index in [-0.39, 0.29) is 11.0 Å². The molecule has 0 aliphatic rings. The van der Waals surface area contributed by atoms with Crippen LogP contribution >= 0.6 is 24.2 Å². The van der Waals surface area contributed by atoms with Crippen LogP contribution in [0.4, 0.5) is 0 Å². The largest absolute Gasteiger partial charge is 0.389 e. The quantitative estimate of drug-likeness (QED) is 0.534. The van der Waals surface area contributed by atoms with Crippen LogP contribution in [0.3, 0.4) is 0 Å². The number of aliphatic hydroxyl groups is 2. The Morgan fingerprint density at radius 3 is 2.71 bits per heavy atom. The lowest BCUT2D eigenvalue weighted by Crippen LogP contribution is -2.21. The highest BCUT2D eigenvalue weighted by Gasteiger charge is 2.19. The Balaban J connectivity index is 2.95. The minimum absolute atomic E-state index is 0.124. The summed E-state index contributed by atoms with van der Waals surface area (Å²) in [5.74, 6) is 0.170. The van der Waals surface area contributed by atoms with Crippen LogP contribution in [0.15, 0.2) is 6.20 Å². The molecule has 0 amide bonds. The topological polar surface area (TPSA) is 66.2 Å². The molecule has 4 nitrogen and oxygen atoms in total. The number of hydrogen-bond acceptors (Lipinski definition) is 5. The zero-order chi connectivity index (χ0) is 10.7. The van der Waals surface area contributed by atoms with Gasteiger partial charge in [0.05, 0.1) is 6.10 Å². The van der Waals surface area contributed by atoms with Gasteiger partial charge in [-0.15, -0.1) is 0 Å². The maximum Gasteiger partial charge on any atom is 0.222 e. The summed E-state index contributed by atoms with van der Waals surface area (Å²) in [7, 11) is 0. The van der Waals surface area contributed by atoms with Crippen LogP contribution in [0.1, 0.15) is 17.4 Å². The van der Waals surface area contributed by atoms with E-state index in [0.29, 0.717) is 11.3 Å². The minimum Gasteiger partial charge on any atom is -0.389 e. The van der Waals surface area contributed by atoms with Gasteiger partial charge in [0.2, 0.25) is 5.28 Å². The summed E-state index contributed by atoms with van der Waals surface area (Å²) >= 11 is 9.44. The summed E-state index contributed by atoms with van der Waals surface area (Å²) in [5.41, 5.74) is 1.02. The second kappa shape index (κ2) is 4.93. The smallest absolute Gasteiger partial charge is 0.222 e. The minimum atomic E-state index is -1.02. The number of aliphatic hydroxyl groups excluding tert-OH is 2. The van der Waals surface area contributed by atoms with Crippen LogP contribution in [-0.2, 0) is 0 Å². The number of aromatic nitrogens is 2. The average molecular weight is 235 g/mol. The maximum absolute atomic E-state index is 9.64. The molecule has 1 rings (SSSR count). The molecular weight excluding hydrogens is 224 g/mol. The van der Waals surface area contributed by atoms with Crippen LogP contribution in [0.5, 0.6) is 0 Å². The average Bonchev–Trinajstić information content (AvgIpc) is 2.15. The molecule has 14 heavy (non-hydrogen) atoms. The molecule has 1 aromatic heterocycles. The number of hydrogen-bond donors (Lipinski definition) is 3. The van der Waals surface area contributed by atoms with E-state index < -0.39 is 12.2 Å². The van der Waals surface area contributed by atoms with Gasteiger partial charge in [-0.2, -0.15) is 12.6 Å². The summed E-state index contributed by atoms with van der Waals surface area (Å²) in [5, 5.41) is 19.1. The van der Waals surface area contributed by atoms with Crippen molar-refractivity contribution in [3.8, 4) is 0 Å². The normalized spacial score (nSPS) is 15.2. The van der Waals surface area contributed by atoms with Crippen molar-refractivity contribution in [2.24, 2.45) is 0 Å². The molecule has 0 aliphatic heterocycles. The molecule has 2 unspecified atom stereocenters. The third-order valence-corrected chi connectivity index (χ3v) is 2.41. The van der Waals surface area contributed by atoms with Crippen LogP contribution in [0.25, 0.3) is 0 Å². The van der Waals surface area contributed by atoms with E-state index in [0.717, 1.165) is 0 Å². The molecule has 2 N–H and O–H groups in total. The Morgan fingerprint density at radius 1 is 1.57 bits per heavy atom. The third-order valence-electron chi connectivity index (χ3n) is 1.86. The summed E-state index contributed by atoms with van der Waals surface area (Å²) in [6.07, 6.45) is -0.547. The fourth-order valence-electron chi connectivity index (χ4n) is 1.05. The zero-order valence-electron chi connectivity index (χ0n) is 7.55. The molecule has 1 heterocycles. The number of halogens is 1. The van der Waals surface area contributed by atoms with Crippen molar-refractivity contribution < 1.29 is 10.2 Å². The number of nitrogens with zero attached hydrogens (tertiary/aromatic N) is 2. The molecule has 1 aromatic rings. The summed E-state index contributed by atoms with van der Waals surface area (Å²) in [6, 6.07) is 0.